The fraction of sp³-hybridized carbons (Fsp3) is 0.952. The van der Waals surface area contributed by atoms with Crippen LogP contribution >= 0.6 is 0 Å². The Hall–Kier alpha value is -0.780. The zero-order valence-corrected chi connectivity index (χ0v) is 33.7. The molecular weight excluding hydrogens is 712 g/mol. The summed E-state index contributed by atoms with van der Waals surface area (Å²) < 4.78 is 31.2. The van der Waals surface area contributed by atoms with E-state index in [1.54, 1.807) is 6.92 Å². The van der Waals surface area contributed by atoms with Gasteiger partial charge in [-0.3, -0.25) is 0 Å². The summed E-state index contributed by atoms with van der Waals surface area (Å²) in [6.07, 6.45) is -3.39. The van der Waals surface area contributed by atoms with Crippen molar-refractivity contribution in [3.05, 3.63) is 12.2 Å². The van der Waals surface area contributed by atoms with Gasteiger partial charge in [0.25, 0.3) is 0 Å². The molecule has 21 atom stereocenters. The standard InChI is InChI=1S/C42H68O13/c1-21-28(46)33(55-34-31(49)30(48)29(47)22(18-43)53-34)32(50)35(52-21)54-27-10-11-37(4)23(38(27,5)19-44)8-12-39(6)24(37)9-13-42-25-16-36(2,3)14-15-41(25,20-51-42)26(45)17-40(39,42)7/h9,13,21-35,43-50H,8,10-12,14-20H2,1-7H3/t21-,22-,23-,24+,25+,26-,27+,28+,29-,30+,31-,32+,33-,34+,35+,37-,38+,39+,40+,41+,42-/m0/s1. The molecule has 0 aromatic carbocycles. The molecule has 3 saturated heterocycles. The van der Waals surface area contributed by atoms with Gasteiger partial charge in [0.15, 0.2) is 12.6 Å². The van der Waals surface area contributed by atoms with E-state index in [0.717, 1.165) is 38.5 Å². The van der Waals surface area contributed by atoms with Crippen molar-refractivity contribution in [2.24, 2.45) is 50.2 Å². The van der Waals surface area contributed by atoms with Crippen LogP contribution in [0, 0.1) is 50.2 Å². The number of aliphatic hydroxyl groups excluding tert-OH is 8. The molecule has 0 unspecified atom stereocenters. The monoisotopic (exact) mass is 780 g/mol. The Kier molecular flexibility index (Phi) is 9.95. The maximum Gasteiger partial charge on any atom is 0.187 e. The molecule has 3 aliphatic heterocycles. The molecule has 13 heteroatoms. The van der Waals surface area contributed by atoms with Crippen LogP contribution in [0.4, 0.5) is 0 Å². The Morgan fingerprint density at radius 1 is 0.727 bits per heavy atom. The lowest BCUT2D eigenvalue weighted by atomic mass is 9.32. The number of hydrogen-bond donors (Lipinski definition) is 8. The Bertz CT molecular complexity index is 1490. The van der Waals surface area contributed by atoms with Crippen LogP contribution in [0.5, 0.6) is 0 Å². The Morgan fingerprint density at radius 3 is 2.13 bits per heavy atom. The Labute approximate surface area is 325 Å². The van der Waals surface area contributed by atoms with Crippen LogP contribution in [0.15, 0.2) is 12.2 Å². The van der Waals surface area contributed by atoms with Gasteiger partial charge in [0.2, 0.25) is 0 Å². The smallest absolute Gasteiger partial charge is 0.187 e. The number of allylic oxidation sites excluding steroid dienone is 1. The van der Waals surface area contributed by atoms with Gasteiger partial charge in [-0.05, 0) is 86.4 Å². The van der Waals surface area contributed by atoms with Crippen molar-refractivity contribution in [2.75, 3.05) is 19.8 Å². The molecule has 2 bridgehead atoms. The minimum atomic E-state index is -1.72. The highest BCUT2D eigenvalue weighted by atomic mass is 16.7. The number of rotatable bonds is 6. The average Bonchev–Trinajstić information content (AvgIpc) is 3.41. The van der Waals surface area contributed by atoms with Gasteiger partial charge in [-0.25, -0.2) is 0 Å². The van der Waals surface area contributed by atoms with Crippen LogP contribution < -0.4 is 0 Å². The minimum absolute atomic E-state index is 0.0414. The van der Waals surface area contributed by atoms with Crippen LogP contribution in [-0.2, 0) is 23.7 Å². The van der Waals surface area contributed by atoms with Crippen LogP contribution in [0.2, 0.25) is 0 Å². The summed E-state index contributed by atoms with van der Waals surface area (Å²) in [6.45, 7) is 15.4. The third kappa shape index (κ3) is 5.44. The molecule has 0 amide bonds. The summed E-state index contributed by atoms with van der Waals surface area (Å²) in [4.78, 5) is 0. The second-order valence-corrected chi connectivity index (χ2v) is 21.0. The van der Waals surface area contributed by atoms with Crippen LogP contribution in [-0.4, -0.2) is 140 Å². The second-order valence-electron chi connectivity index (χ2n) is 21.0. The molecule has 1 spiro atoms. The maximum absolute atomic E-state index is 12.1. The van der Waals surface area contributed by atoms with Gasteiger partial charge in [-0.2, -0.15) is 0 Å². The molecule has 55 heavy (non-hydrogen) atoms. The Morgan fingerprint density at radius 2 is 1.44 bits per heavy atom. The first kappa shape index (κ1) is 41.0. The largest absolute Gasteiger partial charge is 0.396 e. The number of ether oxygens (including phenoxy) is 5. The van der Waals surface area contributed by atoms with Gasteiger partial charge < -0.3 is 64.5 Å². The second kappa shape index (κ2) is 13.4. The van der Waals surface area contributed by atoms with Crippen molar-refractivity contribution < 1.29 is 64.5 Å². The van der Waals surface area contributed by atoms with E-state index in [9.17, 15) is 40.9 Å². The van der Waals surface area contributed by atoms with Crippen molar-refractivity contribution in [1.29, 1.82) is 0 Å². The molecular formula is C42H68O13. The van der Waals surface area contributed by atoms with E-state index < -0.39 is 91.2 Å². The van der Waals surface area contributed by atoms with Crippen molar-refractivity contribution in [2.45, 2.75) is 179 Å². The summed E-state index contributed by atoms with van der Waals surface area (Å²) >= 11 is 0. The first-order valence-electron chi connectivity index (χ1n) is 20.9. The van der Waals surface area contributed by atoms with Gasteiger partial charge in [0.1, 0.15) is 42.7 Å². The molecule has 0 radical (unpaired) electrons. The first-order valence-corrected chi connectivity index (χ1v) is 20.9. The van der Waals surface area contributed by atoms with Crippen molar-refractivity contribution in [3.8, 4) is 0 Å². The first-order chi connectivity index (χ1) is 25.7. The SMILES string of the molecule is C[C@@H]1O[C@H](O[C@@H]2CC[C@@]3(C)[C@H](CC[C@]4(C)[C@@H]3C=C[C@]35OC[C@@]6(CCC(C)(C)C[C@H]63)[C@@H](O)C[C@@]54C)[C@@]2(C)CO)[C@H](O)[C@@H](O[C@H]2O[C@@H](CO)[C@H](O)[C@@H](O)[C@@H]2O)[C@@H]1O. The summed E-state index contributed by atoms with van der Waals surface area (Å²) in [7, 11) is 0. The molecule has 0 aromatic rings. The van der Waals surface area contributed by atoms with Gasteiger partial charge in [-0.15, -0.1) is 0 Å². The normalized spacial score (nSPS) is 59.7. The van der Waals surface area contributed by atoms with E-state index in [0.29, 0.717) is 19.4 Å². The minimum Gasteiger partial charge on any atom is -0.396 e. The van der Waals surface area contributed by atoms with Crippen molar-refractivity contribution in [1.82, 2.24) is 0 Å². The third-order valence-corrected chi connectivity index (χ3v) is 17.9. The topological polar surface area (TPSA) is 208 Å². The summed E-state index contributed by atoms with van der Waals surface area (Å²) in [5, 5.41) is 87.0. The summed E-state index contributed by atoms with van der Waals surface area (Å²) in [5.41, 5.74) is -1.90. The third-order valence-electron chi connectivity index (χ3n) is 17.9. The van der Waals surface area contributed by atoms with E-state index in [1.807, 2.05) is 0 Å². The predicted molar refractivity (Wildman–Crippen MR) is 197 cm³/mol. The van der Waals surface area contributed by atoms with Gasteiger partial charge in [-0.1, -0.05) is 53.7 Å². The molecule has 8 rings (SSSR count). The van der Waals surface area contributed by atoms with E-state index in [2.05, 4.69) is 53.7 Å². The van der Waals surface area contributed by atoms with Gasteiger partial charge >= 0.3 is 0 Å². The fourth-order valence-electron chi connectivity index (χ4n) is 14.3. The molecule has 13 nitrogen and oxygen atoms in total. The highest BCUT2D eigenvalue weighted by Crippen LogP contribution is 2.79. The molecule has 8 N–H and O–H groups in total. The summed E-state index contributed by atoms with van der Waals surface area (Å²) in [5.74, 6) is 0.449. The lowest BCUT2D eigenvalue weighted by Gasteiger charge is -2.73. The highest BCUT2D eigenvalue weighted by Gasteiger charge is 2.79. The quantitative estimate of drug-likeness (QED) is 0.143. The lowest BCUT2D eigenvalue weighted by Crippen LogP contribution is -2.72. The summed E-state index contributed by atoms with van der Waals surface area (Å²) in [6, 6.07) is 0. The van der Waals surface area contributed by atoms with Gasteiger partial charge in [0.05, 0.1) is 43.7 Å². The number of aliphatic hydroxyl groups is 8. The highest BCUT2D eigenvalue weighted by molar-refractivity contribution is 5.36. The molecule has 0 aromatic heterocycles. The predicted octanol–water partition coefficient (Wildman–Crippen LogP) is 1.78. The van der Waals surface area contributed by atoms with E-state index in [4.69, 9.17) is 23.7 Å². The number of fused-ring (bicyclic) bond motifs is 4. The van der Waals surface area contributed by atoms with Crippen LogP contribution in [0.3, 0.4) is 0 Å². The fourth-order valence-corrected chi connectivity index (χ4v) is 14.3. The molecule has 5 aliphatic carbocycles. The maximum atomic E-state index is 12.1. The number of hydrogen-bond acceptors (Lipinski definition) is 13. The molecule has 8 aliphatic rings. The van der Waals surface area contributed by atoms with E-state index in [1.165, 1.54) is 0 Å². The molecule has 4 saturated carbocycles. The zero-order chi connectivity index (χ0) is 39.9. The molecule has 7 fully saturated rings. The van der Waals surface area contributed by atoms with E-state index in [-0.39, 0.29) is 51.4 Å². The molecule has 314 valence electrons. The zero-order valence-electron chi connectivity index (χ0n) is 33.7. The average molecular weight is 781 g/mol. The van der Waals surface area contributed by atoms with Crippen molar-refractivity contribution in [3.63, 3.8) is 0 Å². The lowest BCUT2D eigenvalue weighted by molar-refractivity contribution is -0.367. The van der Waals surface area contributed by atoms with Gasteiger partial charge in [0, 0.05) is 22.2 Å². The van der Waals surface area contributed by atoms with E-state index >= 15 is 0 Å². The van der Waals surface area contributed by atoms with Crippen LogP contribution in [0.25, 0.3) is 0 Å². The molecule has 3 heterocycles. The Balaban J connectivity index is 1.05. The van der Waals surface area contributed by atoms with Crippen LogP contribution in [0.1, 0.15) is 99.8 Å². The van der Waals surface area contributed by atoms with Crippen molar-refractivity contribution >= 4 is 0 Å².